The smallest absolute Gasteiger partial charge is 0.339 e. The summed E-state index contributed by atoms with van der Waals surface area (Å²) in [6.07, 6.45) is 1.92. The van der Waals surface area contributed by atoms with Crippen molar-refractivity contribution in [2.75, 3.05) is 6.26 Å². The average Bonchev–Trinajstić information content (AvgIpc) is 3.09. The van der Waals surface area contributed by atoms with Gasteiger partial charge < -0.3 is 9.26 Å². The Morgan fingerprint density at radius 1 is 1.21 bits per heavy atom. The zero-order valence-electron chi connectivity index (χ0n) is 12.9. The summed E-state index contributed by atoms with van der Waals surface area (Å²) in [6.45, 7) is 0.0542. The molecule has 122 valence electrons. The van der Waals surface area contributed by atoms with Crippen LogP contribution in [0.15, 0.2) is 64.0 Å². The molecule has 6 heteroatoms. The number of benzene rings is 2. The molecule has 0 N–H and O–H groups in total. The molecule has 0 amide bonds. The molecule has 3 aromatic rings. The van der Waals surface area contributed by atoms with Gasteiger partial charge in [-0.3, -0.25) is 0 Å². The molecule has 0 unspecified atom stereocenters. The highest BCUT2D eigenvalue weighted by Crippen LogP contribution is 2.24. The van der Waals surface area contributed by atoms with Gasteiger partial charge in [0.25, 0.3) is 0 Å². The molecule has 0 aliphatic rings. The zero-order chi connectivity index (χ0) is 16.9. The molecule has 24 heavy (non-hydrogen) atoms. The van der Waals surface area contributed by atoms with E-state index < -0.39 is 0 Å². The van der Waals surface area contributed by atoms with Crippen molar-refractivity contribution < 1.29 is 14.1 Å². The van der Waals surface area contributed by atoms with Gasteiger partial charge in [0.15, 0.2) is 5.76 Å². The molecule has 2 aromatic carbocycles. The molecule has 0 spiro atoms. The third-order valence-corrected chi connectivity index (χ3v) is 4.41. The highest BCUT2D eigenvalue weighted by molar-refractivity contribution is 7.98. The molecular weight excluding hydrogens is 346 g/mol. The fraction of sp³-hybridized carbons (Fsp3) is 0.111. The minimum absolute atomic E-state index is 0.0542. The molecule has 1 aromatic heterocycles. The first-order valence-electron chi connectivity index (χ1n) is 7.19. The Bertz CT molecular complexity index is 845. The maximum Gasteiger partial charge on any atom is 0.339 e. The molecule has 0 atom stereocenters. The Labute approximate surface area is 148 Å². The fourth-order valence-electron chi connectivity index (χ4n) is 2.16. The highest BCUT2D eigenvalue weighted by Gasteiger charge is 2.14. The molecule has 0 saturated heterocycles. The van der Waals surface area contributed by atoms with Crippen LogP contribution in [0.5, 0.6) is 0 Å². The van der Waals surface area contributed by atoms with Gasteiger partial charge >= 0.3 is 5.97 Å². The number of carbonyl (C=O) groups is 1. The van der Waals surface area contributed by atoms with Crippen molar-refractivity contribution >= 4 is 29.3 Å². The van der Waals surface area contributed by atoms with E-state index in [1.165, 1.54) is 11.8 Å². The number of esters is 1. The van der Waals surface area contributed by atoms with E-state index in [9.17, 15) is 4.79 Å². The van der Waals surface area contributed by atoms with Crippen LogP contribution >= 0.6 is 23.4 Å². The van der Waals surface area contributed by atoms with Gasteiger partial charge in [-0.2, -0.15) is 0 Å². The number of thioether (sulfide) groups is 1. The maximum atomic E-state index is 12.2. The van der Waals surface area contributed by atoms with E-state index in [0.717, 1.165) is 10.5 Å². The second-order valence-electron chi connectivity index (χ2n) is 4.97. The average molecular weight is 360 g/mol. The van der Waals surface area contributed by atoms with E-state index in [-0.39, 0.29) is 12.6 Å². The van der Waals surface area contributed by atoms with Gasteiger partial charge in [0.05, 0.1) is 5.56 Å². The Hall–Kier alpha value is -2.24. The van der Waals surface area contributed by atoms with Gasteiger partial charge in [-0.25, -0.2) is 4.79 Å². The minimum atomic E-state index is -0.379. The molecule has 0 fully saturated rings. The Balaban J connectivity index is 1.67. The second-order valence-corrected chi connectivity index (χ2v) is 6.25. The van der Waals surface area contributed by atoms with Crippen molar-refractivity contribution in [2.45, 2.75) is 11.5 Å². The lowest BCUT2D eigenvalue weighted by Crippen LogP contribution is -2.06. The lowest BCUT2D eigenvalue weighted by molar-refractivity contribution is 0.0460. The Morgan fingerprint density at radius 3 is 2.71 bits per heavy atom. The van der Waals surface area contributed by atoms with Crippen LogP contribution in [0, 0.1) is 0 Å². The number of carbonyl (C=O) groups excluding carboxylic acids is 1. The van der Waals surface area contributed by atoms with Crippen LogP contribution in [0.4, 0.5) is 0 Å². The van der Waals surface area contributed by atoms with Crippen LogP contribution in [-0.2, 0) is 11.3 Å². The number of ether oxygens (including phenoxy) is 1. The number of nitrogens with zero attached hydrogens (tertiary/aromatic N) is 1. The summed E-state index contributed by atoms with van der Waals surface area (Å²) in [5.41, 5.74) is 1.96. The summed E-state index contributed by atoms with van der Waals surface area (Å²) < 4.78 is 10.6. The molecule has 4 nitrogen and oxygen atoms in total. The van der Waals surface area contributed by atoms with Gasteiger partial charge in [0, 0.05) is 21.5 Å². The van der Waals surface area contributed by atoms with Crippen molar-refractivity contribution in [1.29, 1.82) is 0 Å². The van der Waals surface area contributed by atoms with Crippen molar-refractivity contribution in [3.63, 3.8) is 0 Å². The molecule has 0 aliphatic carbocycles. The predicted molar refractivity (Wildman–Crippen MR) is 94.3 cm³/mol. The largest absolute Gasteiger partial charge is 0.455 e. The number of aromatic nitrogens is 1. The van der Waals surface area contributed by atoms with Crippen LogP contribution in [0.25, 0.3) is 11.3 Å². The summed E-state index contributed by atoms with van der Waals surface area (Å²) in [5, 5.41) is 4.59. The SMILES string of the molecule is CSc1ccccc1C(=O)OCc1cc(-c2ccc(Cl)cc2)on1. The first kappa shape index (κ1) is 16.6. The lowest BCUT2D eigenvalue weighted by atomic mass is 10.2. The van der Waals surface area contributed by atoms with Crippen molar-refractivity contribution in [3.8, 4) is 11.3 Å². The molecule has 0 aliphatic heterocycles. The van der Waals surface area contributed by atoms with E-state index in [1.54, 1.807) is 24.3 Å². The van der Waals surface area contributed by atoms with Gasteiger partial charge in [-0.05, 0) is 42.7 Å². The molecule has 0 bridgehead atoms. The van der Waals surface area contributed by atoms with E-state index in [2.05, 4.69) is 5.16 Å². The quantitative estimate of drug-likeness (QED) is 0.470. The Morgan fingerprint density at radius 2 is 1.96 bits per heavy atom. The van der Waals surface area contributed by atoms with Crippen LogP contribution in [0.3, 0.4) is 0 Å². The number of hydrogen-bond donors (Lipinski definition) is 0. The van der Waals surface area contributed by atoms with E-state index in [1.807, 2.05) is 36.6 Å². The molecule has 1 heterocycles. The van der Waals surface area contributed by atoms with Gasteiger partial charge in [-0.1, -0.05) is 28.9 Å². The van der Waals surface area contributed by atoms with E-state index in [0.29, 0.717) is 22.0 Å². The number of hydrogen-bond acceptors (Lipinski definition) is 5. The lowest BCUT2D eigenvalue weighted by Gasteiger charge is -2.06. The topological polar surface area (TPSA) is 52.3 Å². The summed E-state index contributed by atoms with van der Waals surface area (Å²) in [6, 6.07) is 16.3. The standard InChI is InChI=1S/C18H14ClNO3S/c1-24-17-5-3-2-4-15(17)18(21)22-11-14-10-16(23-20-14)12-6-8-13(19)9-7-12/h2-10H,11H2,1H3. The van der Waals surface area contributed by atoms with Crippen molar-refractivity contribution in [2.24, 2.45) is 0 Å². The third kappa shape index (κ3) is 3.80. The van der Waals surface area contributed by atoms with Crippen LogP contribution in [0.1, 0.15) is 16.1 Å². The van der Waals surface area contributed by atoms with Crippen LogP contribution in [0.2, 0.25) is 5.02 Å². The third-order valence-electron chi connectivity index (χ3n) is 3.37. The van der Waals surface area contributed by atoms with Crippen molar-refractivity contribution in [3.05, 3.63) is 70.9 Å². The summed E-state index contributed by atoms with van der Waals surface area (Å²) in [7, 11) is 0. The first-order chi connectivity index (χ1) is 11.7. The summed E-state index contributed by atoms with van der Waals surface area (Å²) in [4.78, 5) is 13.1. The van der Waals surface area contributed by atoms with Gasteiger partial charge in [0.1, 0.15) is 12.3 Å². The number of halogens is 1. The normalized spacial score (nSPS) is 10.6. The van der Waals surface area contributed by atoms with Gasteiger partial charge in [-0.15, -0.1) is 11.8 Å². The zero-order valence-corrected chi connectivity index (χ0v) is 14.4. The van der Waals surface area contributed by atoms with Gasteiger partial charge in [0.2, 0.25) is 0 Å². The maximum absolute atomic E-state index is 12.2. The highest BCUT2D eigenvalue weighted by atomic mass is 35.5. The first-order valence-corrected chi connectivity index (χ1v) is 8.79. The van der Waals surface area contributed by atoms with Crippen molar-refractivity contribution in [1.82, 2.24) is 5.16 Å². The summed E-state index contributed by atoms with van der Waals surface area (Å²) in [5.74, 6) is 0.221. The fourth-order valence-corrected chi connectivity index (χ4v) is 2.87. The Kier molecular flexibility index (Phi) is 5.23. The van der Waals surface area contributed by atoms with Crippen LogP contribution < -0.4 is 0 Å². The molecular formula is C18H14ClNO3S. The van der Waals surface area contributed by atoms with E-state index in [4.69, 9.17) is 20.9 Å². The molecule has 0 radical (unpaired) electrons. The minimum Gasteiger partial charge on any atom is -0.455 e. The van der Waals surface area contributed by atoms with E-state index >= 15 is 0 Å². The summed E-state index contributed by atoms with van der Waals surface area (Å²) >= 11 is 7.37. The number of rotatable bonds is 5. The molecule has 0 saturated carbocycles. The predicted octanol–water partition coefficient (Wildman–Crippen LogP) is 5.07. The second kappa shape index (κ2) is 7.55. The monoisotopic (exact) mass is 359 g/mol. The molecule has 3 rings (SSSR count). The van der Waals surface area contributed by atoms with Crippen LogP contribution in [-0.4, -0.2) is 17.4 Å².